The van der Waals surface area contributed by atoms with Crippen molar-refractivity contribution >= 4 is 11.3 Å². The summed E-state index contributed by atoms with van der Waals surface area (Å²) in [5, 5.41) is 0. The first-order valence-electron chi connectivity index (χ1n) is 5.58. The molecule has 0 aliphatic rings. The summed E-state index contributed by atoms with van der Waals surface area (Å²) in [4.78, 5) is 2.50. The third kappa shape index (κ3) is 2.51. The Kier molecular flexibility index (Phi) is 3.50. The molecule has 0 amide bonds. The van der Waals surface area contributed by atoms with Gasteiger partial charge in [-0.05, 0) is 49.2 Å². The first-order valence-corrected chi connectivity index (χ1v) is 6.40. The molecule has 1 unspecified atom stereocenters. The first-order chi connectivity index (χ1) is 8.11. The normalized spacial score (nSPS) is 12.5. The highest BCUT2D eigenvalue weighted by Crippen LogP contribution is 2.29. The van der Waals surface area contributed by atoms with Crippen LogP contribution in [0.5, 0.6) is 5.75 Å². The van der Waals surface area contributed by atoms with Gasteiger partial charge in [0.15, 0.2) is 0 Å². The summed E-state index contributed by atoms with van der Waals surface area (Å²) in [6, 6.07) is 10.2. The molecule has 0 bridgehead atoms. The number of nitrogens with two attached hydrogens (primary N) is 1. The number of hydrogen-bond donors (Lipinski definition) is 1. The second-order valence-corrected chi connectivity index (χ2v) is 5.47. The third-order valence-electron chi connectivity index (χ3n) is 2.88. The molecule has 0 saturated carbocycles. The van der Waals surface area contributed by atoms with E-state index in [0.717, 1.165) is 11.3 Å². The molecule has 1 aromatic carbocycles. The van der Waals surface area contributed by atoms with Crippen molar-refractivity contribution in [3.8, 4) is 5.75 Å². The molecular formula is C14H17NOS. The van der Waals surface area contributed by atoms with Crippen LogP contribution in [0.15, 0.2) is 30.3 Å². The van der Waals surface area contributed by atoms with E-state index in [-0.39, 0.29) is 6.04 Å². The summed E-state index contributed by atoms with van der Waals surface area (Å²) in [5.41, 5.74) is 8.62. The average Bonchev–Trinajstić information content (AvgIpc) is 2.75. The zero-order chi connectivity index (χ0) is 12.4. The number of aryl methyl sites for hydroxylation is 2. The van der Waals surface area contributed by atoms with Crippen LogP contribution in [0, 0.1) is 13.8 Å². The van der Waals surface area contributed by atoms with E-state index in [9.17, 15) is 0 Å². The lowest BCUT2D eigenvalue weighted by atomic mass is 10.0. The van der Waals surface area contributed by atoms with Crippen LogP contribution in [0.2, 0.25) is 0 Å². The second-order valence-electron chi connectivity index (χ2n) is 4.15. The maximum Gasteiger partial charge on any atom is 0.119 e. The molecule has 0 saturated heterocycles. The second kappa shape index (κ2) is 4.90. The van der Waals surface area contributed by atoms with Crippen LogP contribution in [0.25, 0.3) is 0 Å². The lowest BCUT2D eigenvalue weighted by Crippen LogP contribution is -2.11. The third-order valence-corrected chi connectivity index (χ3v) is 3.96. The Morgan fingerprint density at radius 2 is 1.94 bits per heavy atom. The summed E-state index contributed by atoms with van der Waals surface area (Å²) < 4.78 is 5.20. The van der Waals surface area contributed by atoms with E-state index in [1.54, 1.807) is 18.4 Å². The number of thiophene rings is 1. The quantitative estimate of drug-likeness (QED) is 0.902. The van der Waals surface area contributed by atoms with Gasteiger partial charge in [0.1, 0.15) is 5.75 Å². The van der Waals surface area contributed by atoms with Crippen molar-refractivity contribution in [3.05, 3.63) is 51.2 Å². The van der Waals surface area contributed by atoms with Gasteiger partial charge in [-0.3, -0.25) is 0 Å². The van der Waals surface area contributed by atoms with Crippen molar-refractivity contribution in [2.24, 2.45) is 5.73 Å². The fourth-order valence-electron chi connectivity index (χ4n) is 1.90. The van der Waals surface area contributed by atoms with Crippen LogP contribution in [0.1, 0.15) is 26.9 Å². The minimum atomic E-state index is -0.0420. The smallest absolute Gasteiger partial charge is 0.119 e. The molecule has 0 aliphatic heterocycles. The fraction of sp³-hybridized carbons (Fsp3) is 0.286. The van der Waals surface area contributed by atoms with Crippen molar-refractivity contribution < 1.29 is 4.74 Å². The largest absolute Gasteiger partial charge is 0.497 e. The summed E-state index contributed by atoms with van der Waals surface area (Å²) in [7, 11) is 1.68. The molecule has 1 heterocycles. The average molecular weight is 247 g/mol. The zero-order valence-corrected chi connectivity index (χ0v) is 11.2. The standard InChI is InChI=1S/C14H17NOS/c1-9-8-11(16-3)5-6-12(9)14(15)13-7-4-10(2)17-13/h4-8,14H,15H2,1-3H3. The van der Waals surface area contributed by atoms with Gasteiger partial charge in [0.25, 0.3) is 0 Å². The Morgan fingerprint density at radius 3 is 2.47 bits per heavy atom. The van der Waals surface area contributed by atoms with Crippen molar-refractivity contribution in [1.82, 2.24) is 0 Å². The summed E-state index contributed by atoms with van der Waals surface area (Å²) in [6.07, 6.45) is 0. The Morgan fingerprint density at radius 1 is 1.18 bits per heavy atom. The van der Waals surface area contributed by atoms with Gasteiger partial charge >= 0.3 is 0 Å². The van der Waals surface area contributed by atoms with Gasteiger partial charge in [-0.2, -0.15) is 0 Å². The molecule has 3 heteroatoms. The minimum Gasteiger partial charge on any atom is -0.497 e. The molecule has 0 radical (unpaired) electrons. The van der Waals surface area contributed by atoms with E-state index in [1.807, 2.05) is 18.2 Å². The molecule has 90 valence electrons. The van der Waals surface area contributed by atoms with Gasteiger partial charge in [-0.15, -0.1) is 11.3 Å². The Balaban J connectivity index is 2.34. The van der Waals surface area contributed by atoms with Gasteiger partial charge in [-0.25, -0.2) is 0 Å². The Labute approximate surface area is 106 Å². The Bertz CT molecular complexity index is 519. The SMILES string of the molecule is COc1ccc(C(N)c2ccc(C)s2)c(C)c1. The van der Waals surface area contributed by atoms with Crippen molar-refractivity contribution in [2.45, 2.75) is 19.9 Å². The highest BCUT2D eigenvalue weighted by atomic mass is 32.1. The van der Waals surface area contributed by atoms with E-state index >= 15 is 0 Å². The topological polar surface area (TPSA) is 35.2 Å². The lowest BCUT2D eigenvalue weighted by Gasteiger charge is -2.14. The van der Waals surface area contributed by atoms with E-state index in [4.69, 9.17) is 10.5 Å². The summed E-state index contributed by atoms with van der Waals surface area (Å²) >= 11 is 1.75. The Hall–Kier alpha value is -1.32. The molecule has 1 aromatic heterocycles. The van der Waals surface area contributed by atoms with Crippen LogP contribution in [-0.4, -0.2) is 7.11 Å². The molecule has 2 rings (SSSR count). The van der Waals surface area contributed by atoms with E-state index in [0.29, 0.717) is 0 Å². The number of ether oxygens (including phenoxy) is 1. The van der Waals surface area contributed by atoms with Crippen molar-refractivity contribution in [1.29, 1.82) is 0 Å². The molecular weight excluding hydrogens is 230 g/mol. The van der Waals surface area contributed by atoms with E-state index < -0.39 is 0 Å². The highest BCUT2D eigenvalue weighted by Gasteiger charge is 2.13. The van der Waals surface area contributed by atoms with Gasteiger partial charge in [0.2, 0.25) is 0 Å². The predicted molar refractivity (Wildman–Crippen MR) is 72.8 cm³/mol. The molecule has 2 N–H and O–H groups in total. The maximum absolute atomic E-state index is 6.29. The van der Waals surface area contributed by atoms with Gasteiger partial charge < -0.3 is 10.5 Å². The summed E-state index contributed by atoms with van der Waals surface area (Å²) in [6.45, 7) is 4.17. The molecule has 2 nitrogen and oxygen atoms in total. The van der Waals surface area contributed by atoms with E-state index in [1.165, 1.54) is 15.3 Å². The van der Waals surface area contributed by atoms with Crippen LogP contribution < -0.4 is 10.5 Å². The highest BCUT2D eigenvalue weighted by molar-refractivity contribution is 7.12. The number of hydrogen-bond acceptors (Lipinski definition) is 3. The lowest BCUT2D eigenvalue weighted by molar-refractivity contribution is 0.414. The molecule has 0 aliphatic carbocycles. The molecule has 2 aromatic rings. The van der Waals surface area contributed by atoms with Crippen LogP contribution >= 0.6 is 11.3 Å². The molecule has 17 heavy (non-hydrogen) atoms. The van der Waals surface area contributed by atoms with Gasteiger partial charge in [0.05, 0.1) is 13.2 Å². The molecule has 0 fully saturated rings. The van der Waals surface area contributed by atoms with Crippen LogP contribution in [0.4, 0.5) is 0 Å². The first kappa shape index (κ1) is 12.1. The predicted octanol–water partition coefficient (Wildman–Crippen LogP) is 3.42. The van der Waals surface area contributed by atoms with Crippen LogP contribution in [0.3, 0.4) is 0 Å². The summed E-state index contributed by atoms with van der Waals surface area (Å²) in [5.74, 6) is 0.876. The van der Waals surface area contributed by atoms with Gasteiger partial charge in [-0.1, -0.05) is 6.07 Å². The van der Waals surface area contributed by atoms with Crippen molar-refractivity contribution in [3.63, 3.8) is 0 Å². The maximum atomic E-state index is 6.29. The minimum absolute atomic E-state index is 0.0420. The van der Waals surface area contributed by atoms with Crippen LogP contribution in [-0.2, 0) is 0 Å². The number of benzene rings is 1. The molecule has 0 spiro atoms. The van der Waals surface area contributed by atoms with Crippen molar-refractivity contribution in [2.75, 3.05) is 7.11 Å². The fourth-order valence-corrected chi connectivity index (χ4v) is 2.80. The number of rotatable bonds is 3. The van der Waals surface area contributed by atoms with E-state index in [2.05, 4.69) is 26.0 Å². The number of methoxy groups -OCH3 is 1. The zero-order valence-electron chi connectivity index (χ0n) is 10.4. The monoisotopic (exact) mass is 247 g/mol. The molecule has 1 atom stereocenters. The van der Waals surface area contributed by atoms with Gasteiger partial charge in [0, 0.05) is 9.75 Å².